The third-order valence-corrected chi connectivity index (χ3v) is 3.43. The quantitative estimate of drug-likeness (QED) is 0.749. The number of methoxy groups -OCH3 is 1. The van der Waals surface area contributed by atoms with Crippen molar-refractivity contribution in [2.75, 3.05) is 20.3 Å². The largest absolute Gasteiger partial charge is 0.481 e. The molecular weight excluding hydrogens is 194 g/mol. The van der Waals surface area contributed by atoms with Crippen molar-refractivity contribution in [1.82, 2.24) is 4.90 Å². The minimum atomic E-state index is -0.663. The van der Waals surface area contributed by atoms with Gasteiger partial charge in [0.25, 0.3) is 0 Å². The van der Waals surface area contributed by atoms with Crippen LogP contribution in [0, 0.1) is 5.92 Å². The average molecular weight is 215 g/mol. The topological polar surface area (TPSA) is 49.8 Å². The van der Waals surface area contributed by atoms with Crippen molar-refractivity contribution in [2.45, 2.75) is 38.8 Å². The summed E-state index contributed by atoms with van der Waals surface area (Å²) in [5, 5.41) is 9.01. The van der Waals surface area contributed by atoms with E-state index in [4.69, 9.17) is 9.84 Å². The summed E-state index contributed by atoms with van der Waals surface area (Å²) in [5.41, 5.74) is 0. The number of ether oxygens (including phenoxy) is 1. The first-order valence-electron chi connectivity index (χ1n) is 5.55. The van der Waals surface area contributed by atoms with Crippen molar-refractivity contribution < 1.29 is 14.6 Å². The van der Waals surface area contributed by atoms with Gasteiger partial charge >= 0.3 is 5.97 Å². The van der Waals surface area contributed by atoms with E-state index < -0.39 is 5.97 Å². The molecule has 1 aliphatic rings. The third kappa shape index (κ3) is 2.92. The van der Waals surface area contributed by atoms with Crippen LogP contribution in [0.2, 0.25) is 0 Å². The van der Waals surface area contributed by atoms with Gasteiger partial charge in [-0.15, -0.1) is 0 Å². The molecule has 1 rings (SSSR count). The Balaban J connectivity index is 2.47. The smallest absolute Gasteiger partial charge is 0.308 e. The molecule has 0 bridgehead atoms. The Labute approximate surface area is 91.2 Å². The van der Waals surface area contributed by atoms with Crippen LogP contribution in [0.1, 0.15) is 26.7 Å². The first-order chi connectivity index (χ1) is 7.07. The van der Waals surface area contributed by atoms with E-state index in [1.807, 2.05) is 6.92 Å². The highest BCUT2D eigenvalue weighted by Crippen LogP contribution is 2.27. The SMILES string of the molecule is COCCC(C)N1CCC(C(=O)O)C1C. The molecule has 0 amide bonds. The number of carboxylic acid groups (broad SMARTS) is 1. The molecule has 0 aromatic rings. The highest BCUT2D eigenvalue weighted by atomic mass is 16.5. The van der Waals surface area contributed by atoms with Gasteiger partial charge in [0.15, 0.2) is 0 Å². The lowest BCUT2D eigenvalue weighted by Gasteiger charge is -2.29. The van der Waals surface area contributed by atoms with E-state index in [1.54, 1.807) is 7.11 Å². The van der Waals surface area contributed by atoms with Gasteiger partial charge < -0.3 is 9.84 Å². The first kappa shape index (κ1) is 12.5. The molecule has 1 heterocycles. The zero-order chi connectivity index (χ0) is 11.4. The molecule has 1 N–H and O–H groups in total. The van der Waals surface area contributed by atoms with Gasteiger partial charge in [-0.3, -0.25) is 9.69 Å². The number of hydrogen-bond donors (Lipinski definition) is 1. The van der Waals surface area contributed by atoms with Gasteiger partial charge in [-0.25, -0.2) is 0 Å². The molecule has 1 fully saturated rings. The molecule has 0 saturated carbocycles. The molecule has 15 heavy (non-hydrogen) atoms. The van der Waals surface area contributed by atoms with Crippen molar-refractivity contribution in [2.24, 2.45) is 5.92 Å². The fourth-order valence-electron chi connectivity index (χ4n) is 2.37. The minimum absolute atomic E-state index is 0.148. The van der Waals surface area contributed by atoms with Crippen LogP contribution < -0.4 is 0 Å². The van der Waals surface area contributed by atoms with E-state index in [0.29, 0.717) is 6.04 Å². The Bertz CT molecular complexity index is 220. The molecule has 0 radical (unpaired) electrons. The second kappa shape index (κ2) is 5.47. The van der Waals surface area contributed by atoms with Crippen molar-refractivity contribution in [1.29, 1.82) is 0 Å². The van der Waals surface area contributed by atoms with Gasteiger partial charge in [0.2, 0.25) is 0 Å². The maximum absolute atomic E-state index is 10.9. The van der Waals surface area contributed by atoms with Crippen molar-refractivity contribution in [3.8, 4) is 0 Å². The number of aliphatic carboxylic acids is 1. The van der Waals surface area contributed by atoms with Gasteiger partial charge in [0.1, 0.15) is 0 Å². The van der Waals surface area contributed by atoms with Gasteiger partial charge in [-0.2, -0.15) is 0 Å². The molecular formula is C11H21NO3. The van der Waals surface area contributed by atoms with E-state index in [0.717, 1.165) is 26.0 Å². The molecule has 4 heteroatoms. The second-order valence-corrected chi connectivity index (χ2v) is 4.34. The summed E-state index contributed by atoms with van der Waals surface area (Å²) in [5.74, 6) is -0.862. The predicted octanol–water partition coefficient (Wildman–Crippen LogP) is 1.21. The average Bonchev–Trinajstić information content (AvgIpc) is 2.56. The van der Waals surface area contributed by atoms with E-state index >= 15 is 0 Å². The molecule has 1 aliphatic heterocycles. The Morgan fingerprint density at radius 2 is 2.33 bits per heavy atom. The Hall–Kier alpha value is -0.610. The zero-order valence-corrected chi connectivity index (χ0v) is 9.77. The number of hydrogen-bond acceptors (Lipinski definition) is 3. The lowest BCUT2D eigenvalue weighted by molar-refractivity contribution is -0.142. The molecule has 0 aromatic heterocycles. The number of nitrogens with zero attached hydrogens (tertiary/aromatic N) is 1. The van der Waals surface area contributed by atoms with Crippen LogP contribution in [0.4, 0.5) is 0 Å². The molecule has 0 aromatic carbocycles. The molecule has 0 spiro atoms. The molecule has 88 valence electrons. The van der Waals surface area contributed by atoms with Crippen LogP contribution in [0.25, 0.3) is 0 Å². The maximum Gasteiger partial charge on any atom is 0.308 e. The molecule has 3 atom stereocenters. The summed E-state index contributed by atoms with van der Waals surface area (Å²) < 4.78 is 5.04. The highest BCUT2D eigenvalue weighted by molar-refractivity contribution is 5.71. The number of carbonyl (C=O) groups is 1. The monoisotopic (exact) mass is 215 g/mol. The summed E-state index contributed by atoms with van der Waals surface area (Å²) >= 11 is 0. The summed E-state index contributed by atoms with van der Waals surface area (Å²) in [6.45, 7) is 5.78. The number of likely N-dealkylation sites (tertiary alicyclic amines) is 1. The van der Waals surface area contributed by atoms with Crippen LogP contribution in [0.3, 0.4) is 0 Å². The molecule has 0 aliphatic carbocycles. The minimum Gasteiger partial charge on any atom is -0.481 e. The van der Waals surface area contributed by atoms with Gasteiger partial charge in [0.05, 0.1) is 5.92 Å². The second-order valence-electron chi connectivity index (χ2n) is 4.34. The fourth-order valence-corrected chi connectivity index (χ4v) is 2.37. The van der Waals surface area contributed by atoms with Crippen molar-refractivity contribution in [3.63, 3.8) is 0 Å². The Morgan fingerprint density at radius 3 is 2.80 bits per heavy atom. The van der Waals surface area contributed by atoms with Gasteiger partial charge in [-0.1, -0.05) is 0 Å². The van der Waals surface area contributed by atoms with Crippen molar-refractivity contribution in [3.05, 3.63) is 0 Å². The van der Waals surface area contributed by atoms with Crippen LogP contribution >= 0.6 is 0 Å². The van der Waals surface area contributed by atoms with Crippen LogP contribution in [-0.2, 0) is 9.53 Å². The van der Waals surface area contributed by atoms with Crippen LogP contribution in [0.5, 0.6) is 0 Å². The molecule has 4 nitrogen and oxygen atoms in total. The zero-order valence-electron chi connectivity index (χ0n) is 9.77. The number of carboxylic acids is 1. The van der Waals surface area contributed by atoms with E-state index in [1.165, 1.54) is 0 Å². The van der Waals surface area contributed by atoms with E-state index in [2.05, 4.69) is 11.8 Å². The fraction of sp³-hybridized carbons (Fsp3) is 0.909. The maximum atomic E-state index is 10.9. The van der Waals surface area contributed by atoms with Crippen molar-refractivity contribution >= 4 is 5.97 Å². The summed E-state index contributed by atoms with van der Waals surface area (Å²) in [7, 11) is 1.69. The van der Waals surface area contributed by atoms with Gasteiger partial charge in [0, 0.05) is 25.8 Å². The standard InChI is InChI=1S/C11H21NO3/c1-8(5-7-15-3)12-6-4-10(9(12)2)11(13)14/h8-10H,4-7H2,1-3H3,(H,13,14). The lowest BCUT2D eigenvalue weighted by Crippen LogP contribution is -2.39. The molecule has 1 saturated heterocycles. The summed E-state index contributed by atoms with van der Waals surface area (Å²) in [4.78, 5) is 13.2. The normalized spacial score (nSPS) is 29.3. The van der Waals surface area contributed by atoms with E-state index in [9.17, 15) is 4.79 Å². The third-order valence-electron chi connectivity index (χ3n) is 3.43. The van der Waals surface area contributed by atoms with Crippen LogP contribution in [0.15, 0.2) is 0 Å². The summed E-state index contributed by atoms with van der Waals surface area (Å²) in [6, 6.07) is 0.554. The predicted molar refractivity (Wildman–Crippen MR) is 57.9 cm³/mol. The molecule has 3 unspecified atom stereocenters. The lowest BCUT2D eigenvalue weighted by atomic mass is 10.0. The van der Waals surface area contributed by atoms with Gasteiger partial charge in [-0.05, 0) is 33.2 Å². The summed E-state index contributed by atoms with van der Waals surface area (Å²) in [6.07, 6.45) is 1.74. The Morgan fingerprint density at radius 1 is 1.67 bits per heavy atom. The van der Waals surface area contributed by atoms with Crippen LogP contribution in [-0.4, -0.2) is 48.3 Å². The number of rotatable bonds is 5. The highest BCUT2D eigenvalue weighted by Gasteiger charge is 2.37. The van der Waals surface area contributed by atoms with E-state index in [-0.39, 0.29) is 12.0 Å². The first-order valence-corrected chi connectivity index (χ1v) is 5.55. The Kier molecular flexibility index (Phi) is 4.54.